The predicted molar refractivity (Wildman–Crippen MR) is 150 cm³/mol. The zero-order valence-corrected chi connectivity index (χ0v) is 22.7. The number of rotatable bonds is 12. The minimum Gasteiger partial charge on any atom is -0.493 e. The zero-order chi connectivity index (χ0) is 27.0. The molecule has 202 valence electrons. The van der Waals surface area contributed by atoms with Gasteiger partial charge in [0, 0.05) is 31.7 Å². The second-order valence-corrected chi connectivity index (χ2v) is 11.0. The summed E-state index contributed by atoms with van der Waals surface area (Å²) in [5.41, 5.74) is 3.12. The van der Waals surface area contributed by atoms with E-state index in [1.807, 2.05) is 42.5 Å². The van der Waals surface area contributed by atoms with Crippen molar-refractivity contribution < 1.29 is 22.7 Å². The van der Waals surface area contributed by atoms with E-state index < -0.39 is 10.0 Å². The van der Waals surface area contributed by atoms with Gasteiger partial charge < -0.3 is 19.7 Å². The van der Waals surface area contributed by atoms with Crippen LogP contribution in [0.3, 0.4) is 0 Å². The molecule has 0 atom stereocenters. The summed E-state index contributed by atoms with van der Waals surface area (Å²) in [6, 6.07) is 20.5. The highest BCUT2D eigenvalue weighted by atomic mass is 32.2. The Bertz CT molecular complexity index is 1340. The molecular formula is C29H35N3O5S. The van der Waals surface area contributed by atoms with Crippen LogP contribution in [0.1, 0.15) is 30.4 Å². The average Bonchev–Trinajstić information content (AvgIpc) is 3.47. The van der Waals surface area contributed by atoms with E-state index in [0.717, 1.165) is 37.1 Å². The van der Waals surface area contributed by atoms with Gasteiger partial charge in [-0.25, -0.2) is 13.1 Å². The van der Waals surface area contributed by atoms with Gasteiger partial charge in [-0.2, -0.15) is 0 Å². The number of hydrogen-bond acceptors (Lipinski definition) is 6. The van der Waals surface area contributed by atoms with E-state index in [-0.39, 0.29) is 17.3 Å². The highest BCUT2D eigenvalue weighted by molar-refractivity contribution is 7.89. The third-order valence-electron chi connectivity index (χ3n) is 6.62. The summed E-state index contributed by atoms with van der Waals surface area (Å²) >= 11 is 0. The second kappa shape index (κ2) is 12.8. The lowest BCUT2D eigenvalue weighted by Gasteiger charge is -2.22. The van der Waals surface area contributed by atoms with Crippen LogP contribution in [-0.4, -0.2) is 48.2 Å². The van der Waals surface area contributed by atoms with Crippen LogP contribution in [0, 0.1) is 0 Å². The number of carbonyl (C=O) groups is 1. The minimum absolute atomic E-state index is 0.160. The molecule has 0 unspecified atom stereocenters. The summed E-state index contributed by atoms with van der Waals surface area (Å²) in [6.07, 6.45) is 3.44. The van der Waals surface area contributed by atoms with Gasteiger partial charge in [-0.15, -0.1) is 0 Å². The summed E-state index contributed by atoms with van der Waals surface area (Å²) in [5, 5.41) is 2.87. The van der Waals surface area contributed by atoms with Crippen LogP contribution in [0.5, 0.6) is 11.5 Å². The molecule has 0 saturated carbocycles. The first-order valence-electron chi connectivity index (χ1n) is 12.8. The maximum atomic E-state index is 13.5. The molecule has 0 bridgehead atoms. The molecule has 1 fully saturated rings. The van der Waals surface area contributed by atoms with Gasteiger partial charge in [0.05, 0.1) is 19.9 Å². The van der Waals surface area contributed by atoms with Gasteiger partial charge in [0.2, 0.25) is 15.9 Å². The monoisotopic (exact) mass is 537 g/mol. The number of ether oxygens (including phenoxy) is 2. The molecule has 38 heavy (non-hydrogen) atoms. The maximum Gasteiger partial charge on any atom is 0.242 e. The number of methoxy groups -OCH3 is 2. The Balaban J connectivity index is 1.47. The van der Waals surface area contributed by atoms with Crippen LogP contribution < -0.4 is 24.4 Å². The third kappa shape index (κ3) is 7.05. The van der Waals surface area contributed by atoms with Crippen LogP contribution in [0.15, 0.2) is 71.6 Å². The number of nitrogens with one attached hydrogen (secondary N) is 2. The van der Waals surface area contributed by atoms with E-state index in [9.17, 15) is 13.2 Å². The van der Waals surface area contributed by atoms with Crippen LogP contribution in [0.4, 0.5) is 11.4 Å². The van der Waals surface area contributed by atoms with E-state index in [0.29, 0.717) is 42.1 Å². The van der Waals surface area contributed by atoms with E-state index >= 15 is 0 Å². The number of hydrogen-bond donors (Lipinski definition) is 2. The molecule has 2 N–H and O–H groups in total. The van der Waals surface area contributed by atoms with E-state index in [4.69, 9.17) is 9.47 Å². The first-order valence-corrected chi connectivity index (χ1v) is 14.3. The molecule has 3 aromatic rings. The quantitative estimate of drug-likeness (QED) is 0.356. The lowest BCUT2D eigenvalue weighted by atomic mass is 10.1. The molecule has 3 aromatic carbocycles. The van der Waals surface area contributed by atoms with Crippen molar-refractivity contribution in [1.29, 1.82) is 0 Å². The van der Waals surface area contributed by atoms with Crippen LogP contribution in [0.2, 0.25) is 0 Å². The number of sulfonamides is 1. The first-order chi connectivity index (χ1) is 18.4. The van der Waals surface area contributed by atoms with Gasteiger partial charge in [-0.3, -0.25) is 4.79 Å². The molecule has 1 aliphatic rings. The Kier molecular flexibility index (Phi) is 9.25. The molecule has 1 aliphatic heterocycles. The Hall–Kier alpha value is -3.56. The van der Waals surface area contributed by atoms with E-state index in [1.54, 1.807) is 38.5 Å². The van der Waals surface area contributed by atoms with Crippen molar-refractivity contribution in [2.24, 2.45) is 0 Å². The van der Waals surface area contributed by atoms with E-state index in [1.165, 1.54) is 0 Å². The molecule has 0 spiro atoms. The smallest absolute Gasteiger partial charge is 0.242 e. The molecule has 0 radical (unpaired) electrons. The molecule has 1 saturated heterocycles. The van der Waals surface area contributed by atoms with Crippen molar-refractivity contribution in [3.63, 3.8) is 0 Å². The summed E-state index contributed by atoms with van der Waals surface area (Å²) < 4.78 is 40.3. The lowest BCUT2D eigenvalue weighted by molar-refractivity contribution is -0.116. The molecule has 9 heteroatoms. The third-order valence-corrected chi connectivity index (χ3v) is 8.11. The zero-order valence-electron chi connectivity index (χ0n) is 21.9. The van der Waals surface area contributed by atoms with E-state index in [2.05, 4.69) is 14.9 Å². The van der Waals surface area contributed by atoms with Crippen molar-refractivity contribution in [3.8, 4) is 11.5 Å². The number of aryl methyl sites for hydroxylation is 1. The standard InChI is InChI=1S/C29H35N3O5S/c1-36-26-14-10-23(20-27(26)37-2)16-17-30-38(34,35)28-21-24(12-13-25(28)32-18-6-7-19-32)31-29(33)15-11-22-8-4-3-5-9-22/h3-5,8-10,12-14,20-21,30H,6-7,11,15-19H2,1-2H3,(H,31,33). The Labute approximate surface area is 225 Å². The topological polar surface area (TPSA) is 97.0 Å². The number of carbonyl (C=O) groups excluding carboxylic acids is 1. The lowest BCUT2D eigenvalue weighted by Crippen LogP contribution is -2.29. The first kappa shape index (κ1) is 27.5. The summed E-state index contributed by atoms with van der Waals surface area (Å²) in [6.45, 7) is 1.82. The molecule has 4 rings (SSSR count). The SMILES string of the molecule is COc1ccc(CCNS(=O)(=O)c2cc(NC(=O)CCc3ccccc3)ccc2N2CCCC2)cc1OC. The van der Waals surface area contributed by atoms with Crippen molar-refractivity contribution in [3.05, 3.63) is 77.9 Å². The van der Waals surface area contributed by atoms with Gasteiger partial charge in [-0.05, 0) is 67.1 Å². The number of nitrogens with zero attached hydrogens (tertiary/aromatic N) is 1. The van der Waals surface area contributed by atoms with Gasteiger partial charge >= 0.3 is 0 Å². The normalized spacial score (nSPS) is 13.4. The van der Waals surface area contributed by atoms with Crippen molar-refractivity contribution in [2.75, 3.05) is 44.1 Å². The molecule has 8 nitrogen and oxygen atoms in total. The Morgan fingerprint density at radius 3 is 2.32 bits per heavy atom. The van der Waals surface area contributed by atoms with Gasteiger partial charge in [-0.1, -0.05) is 36.4 Å². The minimum atomic E-state index is -3.84. The highest BCUT2D eigenvalue weighted by Crippen LogP contribution is 2.31. The highest BCUT2D eigenvalue weighted by Gasteiger charge is 2.24. The van der Waals surface area contributed by atoms with Crippen molar-refractivity contribution in [1.82, 2.24) is 4.72 Å². The molecule has 1 heterocycles. The van der Waals surface area contributed by atoms with Crippen molar-refractivity contribution >= 4 is 27.3 Å². The molecular weight excluding hydrogens is 502 g/mol. The molecule has 0 aliphatic carbocycles. The number of benzene rings is 3. The predicted octanol–water partition coefficient (Wildman–Crippen LogP) is 4.40. The average molecular weight is 538 g/mol. The Morgan fingerprint density at radius 1 is 0.868 bits per heavy atom. The van der Waals surface area contributed by atoms with Gasteiger partial charge in [0.1, 0.15) is 4.90 Å². The Morgan fingerprint density at radius 2 is 1.61 bits per heavy atom. The van der Waals surface area contributed by atoms with Gasteiger partial charge in [0.25, 0.3) is 0 Å². The number of amides is 1. The number of anilines is 2. The van der Waals surface area contributed by atoms with Crippen LogP contribution in [0.25, 0.3) is 0 Å². The molecule has 1 amide bonds. The fraction of sp³-hybridized carbons (Fsp3) is 0.345. The summed E-state index contributed by atoms with van der Waals surface area (Å²) in [5.74, 6) is 1.06. The second-order valence-electron chi connectivity index (χ2n) is 9.25. The fourth-order valence-corrected chi connectivity index (χ4v) is 5.88. The molecule has 0 aromatic heterocycles. The van der Waals surface area contributed by atoms with Crippen LogP contribution >= 0.6 is 0 Å². The fourth-order valence-electron chi connectivity index (χ4n) is 4.60. The largest absolute Gasteiger partial charge is 0.493 e. The van der Waals surface area contributed by atoms with Gasteiger partial charge in [0.15, 0.2) is 11.5 Å². The summed E-state index contributed by atoms with van der Waals surface area (Å²) in [7, 11) is -0.699. The van der Waals surface area contributed by atoms with Crippen LogP contribution in [-0.2, 0) is 27.7 Å². The summed E-state index contributed by atoms with van der Waals surface area (Å²) in [4.78, 5) is 14.9. The maximum absolute atomic E-state index is 13.5. The van der Waals surface area contributed by atoms with Crippen molar-refractivity contribution in [2.45, 2.75) is 37.0 Å².